The highest BCUT2D eigenvalue weighted by Crippen LogP contribution is 2.44. The highest BCUT2D eigenvalue weighted by Gasteiger charge is 2.42. The fraction of sp³-hybridized carbons (Fsp3) is 0.120. The number of ketones is 1. The van der Waals surface area contributed by atoms with Gasteiger partial charge in [0.05, 0.1) is 12.1 Å². The van der Waals surface area contributed by atoms with Crippen molar-refractivity contribution in [1.29, 1.82) is 0 Å². The van der Waals surface area contributed by atoms with Crippen LogP contribution in [-0.2, 0) is 18.4 Å². The number of nitrogens with zero attached hydrogens (tertiary/aromatic N) is 3. The Morgan fingerprint density at radius 3 is 2.45 bits per heavy atom. The SMILES string of the molecule is Cn1ccnc1C(=O)C1=C(c2ccsc2)ON(Cc2ccccc2)[C@@H]1c1ccccc1. The molecule has 0 bridgehead atoms. The molecule has 4 aromatic rings. The van der Waals surface area contributed by atoms with Gasteiger partial charge in [-0.15, -0.1) is 5.06 Å². The molecule has 154 valence electrons. The third-order valence-electron chi connectivity index (χ3n) is 5.36. The second kappa shape index (κ2) is 8.34. The van der Waals surface area contributed by atoms with Crippen LogP contribution in [0, 0.1) is 0 Å². The Morgan fingerprint density at radius 1 is 1.06 bits per heavy atom. The van der Waals surface area contributed by atoms with Crippen molar-refractivity contribution in [2.24, 2.45) is 7.05 Å². The zero-order chi connectivity index (χ0) is 21.2. The molecule has 0 saturated carbocycles. The lowest BCUT2D eigenvalue weighted by Gasteiger charge is -2.25. The third-order valence-corrected chi connectivity index (χ3v) is 6.05. The Balaban J connectivity index is 1.65. The number of hydrogen-bond donors (Lipinski definition) is 0. The molecule has 5 rings (SSSR count). The van der Waals surface area contributed by atoms with Gasteiger partial charge in [0.25, 0.3) is 0 Å². The van der Waals surface area contributed by atoms with Crippen molar-refractivity contribution >= 4 is 22.9 Å². The number of Topliss-reactive ketones (excluding diaryl/α,β-unsaturated/α-hetero) is 1. The zero-order valence-electron chi connectivity index (χ0n) is 17.0. The Bertz CT molecular complexity index is 1210. The number of rotatable bonds is 6. The number of hydrogen-bond acceptors (Lipinski definition) is 5. The maximum Gasteiger partial charge on any atom is 0.230 e. The van der Waals surface area contributed by atoms with Crippen LogP contribution >= 0.6 is 11.3 Å². The second-order valence-corrected chi connectivity index (χ2v) is 8.19. The molecule has 0 radical (unpaired) electrons. The number of thiophene rings is 1. The van der Waals surface area contributed by atoms with Crippen LogP contribution in [0.25, 0.3) is 5.76 Å². The first-order chi connectivity index (χ1) is 15.2. The summed E-state index contributed by atoms with van der Waals surface area (Å²) in [6.07, 6.45) is 3.43. The number of aromatic nitrogens is 2. The van der Waals surface area contributed by atoms with Gasteiger partial charge in [0.15, 0.2) is 11.6 Å². The molecule has 5 nitrogen and oxygen atoms in total. The lowest BCUT2D eigenvalue weighted by atomic mass is 9.93. The van der Waals surface area contributed by atoms with Gasteiger partial charge in [-0.2, -0.15) is 11.3 Å². The van der Waals surface area contributed by atoms with Crippen LogP contribution in [0.5, 0.6) is 0 Å². The largest absolute Gasteiger partial charge is 0.404 e. The van der Waals surface area contributed by atoms with Gasteiger partial charge in [-0.05, 0) is 22.6 Å². The number of imidazole rings is 1. The van der Waals surface area contributed by atoms with E-state index in [-0.39, 0.29) is 11.8 Å². The van der Waals surface area contributed by atoms with E-state index in [1.165, 1.54) is 0 Å². The molecule has 31 heavy (non-hydrogen) atoms. The number of aryl methyl sites for hydroxylation is 1. The number of carbonyl (C=O) groups excluding carboxylic acids is 1. The van der Waals surface area contributed by atoms with E-state index in [2.05, 4.69) is 17.1 Å². The molecule has 2 aromatic carbocycles. The lowest BCUT2D eigenvalue weighted by Crippen LogP contribution is -2.26. The maximum atomic E-state index is 13.8. The van der Waals surface area contributed by atoms with Crippen LogP contribution in [0.4, 0.5) is 0 Å². The summed E-state index contributed by atoms with van der Waals surface area (Å²) >= 11 is 1.58. The number of hydroxylamine groups is 2. The summed E-state index contributed by atoms with van der Waals surface area (Å²) in [6.45, 7) is 0.547. The van der Waals surface area contributed by atoms with Crippen molar-refractivity contribution < 1.29 is 9.63 Å². The van der Waals surface area contributed by atoms with Gasteiger partial charge in [-0.25, -0.2) is 4.98 Å². The maximum absolute atomic E-state index is 13.8. The highest BCUT2D eigenvalue weighted by atomic mass is 32.1. The number of carbonyl (C=O) groups is 1. The second-order valence-electron chi connectivity index (χ2n) is 7.41. The molecule has 1 aliphatic rings. The summed E-state index contributed by atoms with van der Waals surface area (Å²) in [5, 5.41) is 5.90. The van der Waals surface area contributed by atoms with Crippen LogP contribution < -0.4 is 0 Å². The first kappa shape index (κ1) is 19.5. The van der Waals surface area contributed by atoms with E-state index in [4.69, 9.17) is 4.84 Å². The van der Waals surface area contributed by atoms with E-state index in [0.717, 1.165) is 16.7 Å². The molecule has 0 fully saturated rings. The van der Waals surface area contributed by atoms with E-state index in [1.807, 2.05) is 77.5 Å². The van der Waals surface area contributed by atoms with E-state index in [0.29, 0.717) is 23.7 Å². The van der Waals surface area contributed by atoms with Gasteiger partial charge >= 0.3 is 0 Å². The predicted octanol–water partition coefficient (Wildman–Crippen LogP) is 5.26. The van der Waals surface area contributed by atoms with Crippen molar-refractivity contribution in [1.82, 2.24) is 14.6 Å². The molecule has 0 aliphatic carbocycles. The minimum Gasteiger partial charge on any atom is -0.404 e. The normalized spacial score (nSPS) is 16.5. The minimum absolute atomic E-state index is 0.127. The molecule has 0 saturated heterocycles. The van der Waals surface area contributed by atoms with Crippen LogP contribution in [-0.4, -0.2) is 20.4 Å². The summed E-state index contributed by atoms with van der Waals surface area (Å²) < 4.78 is 1.75. The first-order valence-corrected chi connectivity index (χ1v) is 11.0. The van der Waals surface area contributed by atoms with Gasteiger partial charge < -0.3 is 9.40 Å². The summed E-state index contributed by atoms with van der Waals surface area (Å²) in [4.78, 5) is 24.5. The Morgan fingerprint density at radius 2 is 1.81 bits per heavy atom. The van der Waals surface area contributed by atoms with E-state index >= 15 is 0 Å². The van der Waals surface area contributed by atoms with Crippen LogP contribution in [0.15, 0.2) is 95.5 Å². The molecular weight excluding hydrogens is 406 g/mol. The van der Waals surface area contributed by atoms with Crippen molar-refractivity contribution in [3.8, 4) is 0 Å². The van der Waals surface area contributed by atoms with E-state index < -0.39 is 0 Å². The summed E-state index contributed by atoms with van der Waals surface area (Å²) in [7, 11) is 1.83. The topological polar surface area (TPSA) is 47.4 Å². The highest BCUT2D eigenvalue weighted by molar-refractivity contribution is 7.08. The smallest absolute Gasteiger partial charge is 0.230 e. The Kier molecular flexibility index (Phi) is 5.24. The average Bonchev–Trinajstić information content (AvgIpc) is 3.54. The fourth-order valence-electron chi connectivity index (χ4n) is 3.88. The van der Waals surface area contributed by atoms with E-state index in [9.17, 15) is 4.79 Å². The summed E-state index contributed by atoms with van der Waals surface area (Å²) in [6, 6.07) is 21.8. The molecule has 0 amide bonds. The molecule has 6 heteroatoms. The summed E-state index contributed by atoms with van der Waals surface area (Å²) in [5.41, 5.74) is 3.62. The van der Waals surface area contributed by atoms with Gasteiger partial charge in [0.1, 0.15) is 6.04 Å². The number of benzene rings is 2. The third kappa shape index (κ3) is 3.71. The van der Waals surface area contributed by atoms with Crippen molar-refractivity contribution in [2.45, 2.75) is 12.6 Å². The van der Waals surface area contributed by atoms with Crippen LogP contribution in [0.2, 0.25) is 0 Å². The molecule has 0 N–H and O–H groups in total. The minimum atomic E-state index is -0.347. The van der Waals surface area contributed by atoms with Gasteiger partial charge in [0.2, 0.25) is 5.78 Å². The quantitative estimate of drug-likeness (QED) is 0.394. The molecule has 0 spiro atoms. The predicted molar refractivity (Wildman–Crippen MR) is 121 cm³/mol. The zero-order valence-corrected chi connectivity index (χ0v) is 17.8. The van der Waals surface area contributed by atoms with E-state index in [1.54, 1.807) is 28.3 Å². The molecule has 1 aliphatic heterocycles. The standard InChI is InChI=1S/C25H21N3O2S/c1-27-14-13-26-25(27)23(29)21-22(19-10-6-3-7-11-19)28(16-18-8-4-2-5-9-18)30-24(21)20-12-15-31-17-20/h2-15,17,22H,16H2,1H3/t22-/m1/s1. The fourth-order valence-corrected chi connectivity index (χ4v) is 4.51. The van der Waals surface area contributed by atoms with Gasteiger partial charge in [-0.1, -0.05) is 60.7 Å². The van der Waals surface area contributed by atoms with Crippen LogP contribution in [0.1, 0.15) is 33.4 Å². The van der Waals surface area contributed by atoms with Crippen molar-refractivity contribution in [2.75, 3.05) is 0 Å². The molecule has 1 atom stereocenters. The summed E-state index contributed by atoms with van der Waals surface area (Å²) in [5.74, 6) is 0.867. The molecule has 3 heterocycles. The average molecular weight is 428 g/mol. The van der Waals surface area contributed by atoms with Gasteiger partial charge in [0, 0.05) is 30.4 Å². The van der Waals surface area contributed by atoms with Crippen LogP contribution in [0.3, 0.4) is 0 Å². The van der Waals surface area contributed by atoms with Gasteiger partial charge in [-0.3, -0.25) is 4.79 Å². The molecule has 2 aromatic heterocycles. The Hall–Kier alpha value is -3.48. The lowest BCUT2D eigenvalue weighted by molar-refractivity contribution is -0.102. The monoisotopic (exact) mass is 427 g/mol. The van der Waals surface area contributed by atoms with Crippen molar-refractivity contribution in [3.63, 3.8) is 0 Å². The Labute approximate surface area is 184 Å². The molecule has 0 unspecified atom stereocenters. The first-order valence-electron chi connectivity index (χ1n) is 10.0. The molecular formula is C25H21N3O2S. The van der Waals surface area contributed by atoms with Crippen molar-refractivity contribution in [3.05, 3.63) is 118 Å².